The molecule has 2 nitrogen and oxygen atoms in total. The van der Waals surface area contributed by atoms with Gasteiger partial charge in [0.05, 0.1) is 11.8 Å². The maximum atomic E-state index is 12.8. The number of alkyl halides is 3. The summed E-state index contributed by atoms with van der Waals surface area (Å²) in [6, 6.07) is 0. The van der Waals surface area contributed by atoms with E-state index in [1.54, 1.807) is 6.92 Å². The Hall–Kier alpha value is -0.610. The van der Waals surface area contributed by atoms with Crippen molar-refractivity contribution in [1.29, 1.82) is 0 Å². The number of nitrogens with zero attached hydrogens (tertiary/aromatic N) is 1. The Labute approximate surface area is 86.5 Å². The van der Waals surface area contributed by atoms with Crippen molar-refractivity contribution in [3.63, 3.8) is 0 Å². The number of likely N-dealkylation sites (N-methyl/N-ethyl adjacent to an activating group) is 1. The number of halogens is 3. The van der Waals surface area contributed by atoms with Crippen molar-refractivity contribution in [3.8, 4) is 0 Å². The molecule has 1 heterocycles. The Morgan fingerprint density at radius 3 is 2.50 bits per heavy atom. The molecule has 0 aliphatic carbocycles. The van der Waals surface area contributed by atoms with Crippen molar-refractivity contribution in [2.24, 2.45) is 0 Å². The summed E-state index contributed by atoms with van der Waals surface area (Å²) < 4.78 is 25.5. The lowest BCUT2D eigenvalue weighted by Crippen LogP contribution is -2.33. The molecular weight excluding hydrogens is 212 g/mol. The van der Waals surface area contributed by atoms with Crippen molar-refractivity contribution >= 4 is 11.6 Å². The molecule has 0 fully saturated rings. The normalized spacial score (nSPS) is 20.3. The molecule has 1 aliphatic rings. The first-order valence-corrected chi connectivity index (χ1v) is 4.57. The highest BCUT2D eigenvalue weighted by Crippen LogP contribution is 2.33. The van der Waals surface area contributed by atoms with Crippen LogP contribution in [0.5, 0.6) is 0 Å². The fourth-order valence-corrected chi connectivity index (χ4v) is 1.51. The molecule has 0 aromatic rings. The van der Waals surface area contributed by atoms with E-state index in [0.717, 1.165) is 0 Å². The Kier molecular flexibility index (Phi) is 3.17. The smallest absolute Gasteiger partial charge is 0.362 e. The molecule has 1 unspecified atom stereocenters. The molecule has 0 aromatic carbocycles. The van der Waals surface area contributed by atoms with Crippen LogP contribution in [0.4, 0.5) is 8.78 Å². The molecule has 0 bridgehead atoms. The molecule has 14 heavy (non-hydrogen) atoms. The first kappa shape index (κ1) is 11.5. The van der Waals surface area contributed by atoms with Crippen molar-refractivity contribution in [3.05, 3.63) is 23.4 Å². The van der Waals surface area contributed by atoms with Gasteiger partial charge in [-0.05, 0) is 30.2 Å². The molecule has 1 atom stereocenters. The number of rotatable bonds is 2. The zero-order valence-electron chi connectivity index (χ0n) is 7.97. The molecule has 0 saturated carbocycles. The van der Waals surface area contributed by atoms with Crippen LogP contribution in [0.2, 0.25) is 0 Å². The van der Waals surface area contributed by atoms with Crippen LogP contribution in [-0.2, 0) is 0 Å². The first-order valence-electron chi connectivity index (χ1n) is 4.19. The highest BCUT2D eigenvalue weighted by Gasteiger charge is 2.35. The minimum absolute atomic E-state index is 0.247. The number of aliphatic hydroxyl groups excluding tert-OH is 1. The van der Waals surface area contributed by atoms with E-state index in [4.69, 9.17) is 11.6 Å². The molecule has 1 aliphatic heterocycles. The Balaban J connectivity index is 2.91. The van der Waals surface area contributed by atoms with Crippen molar-refractivity contribution in [1.82, 2.24) is 4.90 Å². The summed E-state index contributed by atoms with van der Waals surface area (Å²) in [5, 5.41) is 5.89. The largest absolute Gasteiger partial charge is 0.389 e. The lowest BCUT2D eigenvalue weighted by Gasteiger charge is -2.30. The molecule has 1 rings (SSSR count). The average Bonchev–Trinajstić information content (AvgIpc) is 2.01. The molecular formula is C9H12ClF2NO. The summed E-state index contributed by atoms with van der Waals surface area (Å²) in [6.07, 6.45) is 2.09. The maximum absolute atomic E-state index is 12.8. The summed E-state index contributed by atoms with van der Waals surface area (Å²) >= 11 is 4.90. The van der Waals surface area contributed by atoms with Crippen LogP contribution in [0.25, 0.3) is 0 Å². The van der Waals surface area contributed by atoms with E-state index in [2.05, 4.69) is 0 Å². The Morgan fingerprint density at radius 1 is 1.57 bits per heavy atom. The zero-order chi connectivity index (χ0) is 10.9. The van der Waals surface area contributed by atoms with Gasteiger partial charge in [0.15, 0.2) is 0 Å². The number of hydrogen-bond donors (Lipinski definition) is 1. The monoisotopic (exact) mass is 223 g/mol. The minimum Gasteiger partial charge on any atom is -0.389 e. The fraction of sp³-hybridized carbons (Fsp3) is 0.556. The van der Waals surface area contributed by atoms with Gasteiger partial charge in [0.1, 0.15) is 0 Å². The van der Waals surface area contributed by atoms with E-state index < -0.39 is 11.5 Å². The summed E-state index contributed by atoms with van der Waals surface area (Å²) in [6.45, 7) is 1.86. The van der Waals surface area contributed by atoms with E-state index >= 15 is 0 Å². The highest BCUT2D eigenvalue weighted by molar-refractivity contribution is 6.23. The third-order valence-corrected chi connectivity index (χ3v) is 2.31. The van der Waals surface area contributed by atoms with E-state index in [1.807, 2.05) is 0 Å². The van der Waals surface area contributed by atoms with Gasteiger partial charge < -0.3 is 10.0 Å². The standard InChI is InChI=1S/C9H12ClF2NO/c1-6(14)7-3-4-8(9(10,11)12)13(2)5-7/h3-4,6,14H,5H2,1-2H3. The number of hydrogen-bond acceptors (Lipinski definition) is 2. The molecule has 80 valence electrons. The highest BCUT2D eigenvalue weighted by atomic mass is 35.5. The second kappa shape index (κ2) is 3.87. The van der Waals surface area contributed by atoms with Gasteiger partial charge in [0, 0.05) is 13.6 Å². The summed E-state index contributed by atoms with van der Waals surface area (Å²) in [4.78, 5) is 1.33. The SMILES string of the molecule is CC(O)C1=CC=C(C(F)(F)Cl)N(C)C1. The lowest BCUT2D eigenvalue weighted by molar-refractivity contribution is 0.101. The van der Waals surface area contributed by atoms with Gasteiger partial charge in [-0.2, -0.15) is 8.78 Å². The summed E-state index contributed by atoms with van der Waals surface area (Å²) in [7, 11) is 1.51. The molecule has 0 amide bonds. The molecule has 0 aromatic heterocycles. The predicted octanol–water partition coefficient (Wildman–Crippen LogP) is 1.95. The van der Waals surface area contributed by atoms with Crippen molar-refractivity contribution in [2.75, 3.05) is 13.6 Å². The molecule has 1 N–H and O–H groups in total. The van der Waals surface area contributed by atoms with E-state index in [9.17, 15) is 13.9 Å². The van der Waals surface area contributed by atoms with Gasteiger partial charge in [-0.15, -0.1) is 0 Å². The second-order valence-electron chi connectivity index (χ2n) is 3.32. The van der Waals surface area contributed by atoms with Crippen LogP contribution in [0.3, 0.4) is 0 Å². The fourth-order valence-electron chi connectivity index (χ4n) is 1.31. The predicted molar refractivity (Wildman–Crippen MR) is 51.3 cm³/mol. The second-order valence-corrected chi connectivity index (χ2v) is 3.80. The number of aliphatic hydroxyl groups is 1. The molecule has 0 spiro atoms. The average molecular weight is 224 g/mol. The van der Waals surface area contributed by atoms with Gasteiger partial charge in [0.25, 0.3) is 0 Å². The Morgan fingerprint density at radius 2 is 2.14 bits per heavy atom. The van der Waals surface area contributed by atoms with Gasteiger partial charge in [-0.25, -0.2) is 0 Å². The third-order valence-electron chi connectivity index (χ3n) is 2.11. The van der Waals surface area contributed by atoms with Crippen molar-refractivity contribution in [2.45, 2.75) is 18.4 Å². The topological polar surface area (TPSA) is 23.5 Å². The molecule has 5 heteroatoms. The Bertz CT molecular complexity index is 281. The lowest BCUT2D eigenvalue weighted by atomic mass is 10.1. The van der Waals surface area contributed by atoms with Crippen molar-refractivity contribution < 1.29 is 13.9 Å². The summed E-state index contributed by atoms with van der Waals surface area (Å²) in [5.41, 5.74) is 0.445. The number of allylic oxidation sites excluding steroid dienone is 3. The zero-order valence-corrected chi connectivity index (χ0v) is 8.72. The molecule has 0 saturated heterocycles. The van der Waals surface area contributed by atoms with Gasteiger partial charge in [-0.3, -0.25) is 0 Å². The van der Waals surface area contributed by atoms with Crippen LogP contribution in [0, 0.1) is 0 Å². The van der Waals surface area contributed by atoms with E-state index in [1.165, 1.54) is 24.1 Å². The third kappa shape index (κ3) is 2.45. The summed E-state index contributed by atoms with van der Waals surface area (Å²) in [5.74, 6) is 0. The van der Waals surface area contributed by atoms with Crippen LogP contribution in [-0.4, -0.2) is 35.1 Å². The van der Waals surface area contributed by atoms with Gasteiger partial charge in [-0.1, -0.05) is 6.08 Å². The van der Waals surface area contributed by atoms with Crippen LogP contribution in [0.15, 0.2) is 23.4 Å². The van der Waals surface area contributed by atoms with Crippen LogP contribution in [0.1, 0.15) is 6.92 Å². The quantitative estimate of drug-likeness (QED) is 0.724. The maximum Gasteiger partial charge on any atom is 0.362 e. The van der Waals surface area contributed by atoms with Crippen LogP contribution < -0.4 is 0 Å². The van der Waals surface area contributed by atoms with Gasteiger partial charge >= 0.3 is 5.38 Å². The van der Waals surface area contributed by atoms with Gasteiger partial charge in [0.2, 0.25) is 0 Å². The first-order chi connectivity index (χ1) is 6.32. The van der Waals surface area contributed by atoms with E-state index in [-0.39, 0.29) is 12.2 Å². The minimum atomic E-state index is -3.35. The van der Waals surface area contributed by atoms with Crippen LogP contribution >= 0.6 is 11.6 Å². The molecule has 0 radical (unpaired) electrons. The van der Waals surface area contributed by atoms with E-state index in [0.29, 0.717) is 5.57 Å².